The molecular weight excluding hydrogens is 656 g/mol. The van der Waals surface area contributed by atoms with Gasteiger partial charge in [-0.3, -0.25) is 4.90 Å². The Hall–Kier alpha value is -4.69. The van der Waals surface area contributed by atoms with E-state index in [-0.39, 0.29) is 11.1 Å². The lowest BCUT2D eigenvalue weighted by atomic mass is 9.98. The third kappa shape index (κ3) is 5.97. The Kier molecular flexibility index (Phi) is 7.83. The van der Waals surface area contributed by atoms with Crippen molar-refractivity contribution in [2.24, 2.45) is 5.73 Å². The first-order valence-electron chi connectivity index (χ1n) is 17.2. The van der Waals surface area contributed by atoms with Crippen LogP contribution in [0, 0.1) is 0 Å². The van der Waals surface area contributed by atoms with Crippen LogP contribution in [0.3, 0.4) is 0 Å². The topological polar surface area (TPSA) is 143 Å². The summed E-state index contributed by atoms with van der Waals surface area (Å²) in [5.74, 6) is -2.74. The first-order valence-corrected chi connectivity index (χ1v) is 17.2. The molecule has 0 bridgehead atoms. The van der Waals surface area contributed by atoms with Gasteiger partial charge in [0.05, 0.1) is 42.7 Å². The number of carbonyl (C=O) groups is 1. The Morgan fingerprint density at radius 3 is 2.39 bits per heavy atom. The molecule has 13 heteroatoms. The number of likely N-dealkylation sites (tertiary alicyclic amines) is 1. The van der Waals surface area contributed by atoms with Gasteiger partial charge in [-0.1, -0.05) is 30.3 Å². The number of nitrogens with one attached hydrogen (secondary N) is 3. The molecule has 11 nitrogen and oxygen atoms in total. The molecule has 2 aliphatic heterocycles. The summed E-state index contributed by atoms with van der Waals surface area (Å²) in [7, 11) is 0. The van der Waals surface area contributed by atoms with Crippen molar-refractivity contribution in [1.82, 2.24) is 30.2 Å². The number of benzene rings is 3. The molecule has 1 atom stereocenters. The third-order valence-corrected chi connectivity index (χ3v) is 9.84. The summed E-state index contributed by atoms with van der Waals surface area (Å²) in [5, 5.41) is 3.32. The first kappa shape index (κ1) is 33.5. The molecule has 5 aromatic rings. The van der Waals surface area contributed by atoms with Gasteiger partial charge in [-0.15, -0.1) is 0 Å². The summed E-state index contributed by atoms with van der Waals surface area (Å²) in [6, 6.07) is 16.0. The lowest BCUT2D eigenvalue weighted by molar-refractivity contribution is -0.138. The maximum atomic E-state index is 16.3. The molecule has 1 amide bonds. The molecule has 1 aliphatic carbocycles. The van der Waals surface area contributed by atoms with E-state index in [1.807, 2.05) is 31.2 Å². The standard InChI is InChI=1S/C38H41F2N7O4/c1-35(2,3)51-34(48)47-13-5-12-37(47,41)33-43-19-31(46-33)24-7-10-26-25-9-6-22(16-27(25)38(39,40)28(26)17-24)23-8-11-29-30(18-23)45-32(44-29)20-42-21-36(4)49-14-15-50-36/h6-11,16-19,42H,5,12-15,20-21,41H2,1-4H3,(H,43,46)(H,44,45). The van der Waals surface area contributed by atoms with E-state index >= 15 is 8.78 Å². The van der Waals surface area contributed by atoms with Crippen molar-refractivity contribution in [1.29, 1.82) is 0 Å². The Bertz CT molecular complexity index is 2150. The molecule has 0 radical (unpaired) electrons. The summed E-state index contributed by atoms with van der Waals surface area (Å²) in [6.45, 7) is 9.89. The van der Waals surface area contributed by atoms with Crippen LogP contribution in [0.1, 0.15) is 63.3 Å². The fourth-order valence-electron chi connectivity index (χ4n) is 7.31. The van der Waals surface area contributed by atoms with E-state index in [2.05, 4.69) is 25.3 Å². The van der Waals surface area contributed by atoms with E-state index in [0.717, 1.165) is 22.4 Å². The van der Waals surface area contributed by atoms with Gasteiger partial charge in [0.2, 0.25) is 0 Å². The minimum absolute atomic E-state index is 0.0447. The summed E-state index contributed by atoms with van der Waals surface area (Å²) in [4.78, 5) is 30.2. The van der Waals surface area contributed by atoms with Crippen molar-refractivity contribution in [2.75, 3.05) is 26.3 Å². The molecule has 2 fully saturated rings. The number of hydrogen-bond donors (Lipinski definition) is 4. The quantitative estimate of drug-likeness (QED) is 0.147. The molecule has 1 unspecified atom stereocenters. The van der Waals surface area contributed by atoms with Crippen LogP contribution >= 0.6 is 0 Å². The van der Waals surface area contributed by atoms with Gasteiger partial charge in [0.15, 0.2) is 11.4 Å². The van der Waals surface area contributed by atoms with Crippen LogP contribution in [0.15, 0.2) is 60.8 Å². The van der Waals surface area contributed by atoms with Gasteiger partial charge < -0.3 is 35.2 Å². The normalized spacial score (nSPS) is 20.6. The van der Waals surface area contributed by atoms with Gasteiger partial charge in [0.25, 0.3) is 5.92 Å². The summed E-state index contributed by atoms with van der Waals surface area (Å²) >= 11 is 0. The fourth-order valence-corrected chi connectivity index (χ4v) is 7.31. The minimum atomic E-state index is -3.23. The smallest absolute Gasteiger partial charge is 0.412 e. The molecule has 3 aromatic carbocycles. The SMILES string of the molecule is CC(C)(C)OC(=O)N1CCCC1(N)c1ncc(-c2ccc3c(c2)C(F)(F)c2cc(-c4ccc5nc(CNCC6(C)OCCO6)[nH]c5c4)ccc2-3)[nH]1. The molecule has 51 heavy (non-hydrogen) atoms. The Balaban J connectivity index is 1.02. The number of imidazole rings is 2. The predicted octanol–water partition coefficient (Wildman–Crippen LogP) is 6.74. The van der Waals surface area contributed by atoms with Crippen molar-refractivity contribution in [3.05, 3.63) is 83.6 Å². The lowest BCUT2D eigenvalue weighted by Crippen LogP contribution is -2.53. The lowest BCUT2D eigenvalue weighted by Gasteiger charge is -2.34. The van der Waals surface area contributed by atoms with Gasteiger partial charge in [-0.2, -0.15) is 8.78 Å². The van der Waals surface area contributed by atoms with Crippen LogP contribution in [-0.4, -0.2) is 68.6 Å². The average Bonchev–Trinajstić information content (AvgIpc) is 3.91. The molecular formula is C38H41F2N7O4. The highest BCUT2D eigenvalue weighted by atomic mass is 19.3. The minimum Gasteiger partial charge on any atom is -0.444 e. The van der Waals surface area contributed by atoms with Gasteiger partial charge in [-0.05, 0) is 87.1 Å². The molecule has 4 heterocycles. The summed E-state index contributed by atoms with van der Waals surface area (Å²) in [6.07, 6.45) is 2.21. The maximum absolute atomic E-state index is 16.3. The zero-order chi connectivity index (χ0) is 35.8. The van der Waals surface area contributed by atoms with Gasteiger partial charge >= 0.3 is 6.09 Å². The summed E-state index contributed by atoms with van der Waals surface area (Å²) in [5.41, 5.74) is 9.87. The third-order valence-electron chi connectivity index (χ3n) is 9.84. The van der Waals surface area contributed by atoms with Crippen LogP contribution in [0.2, 0.25) is 0 Å². The van der Waals surface area contributed by atoms with E-state index in [0.29, 0.717) is 79.5 Å². The zero-order valence-corrected chi connectivity index (χ0v) is 29.0. The number of amides is 1. The number of hydrogen-bond acceptors (Lipinski definition) is 8. The molecule has 0 spiro atoms. The van der Waals surface area contributed by atoms with Crippen molar-refractivity contribution >= 4 is 17.1 Å². The van der Waals surface area contributed by atoms with E-state index in [1.54, 1.807) is 51.2 Å². The van der Waals surface area contributed by atoms with Gasteiger partial charge in [0, 0.05) is 29.8 Å². The second-order valence-corrected chi connectivity index (χ2v) is 14.8. The Labute approximate surface area is 293 Å². The molecule has 5 N–H and O–H groups in total. The number of halogens is 2. The highest BCUT2D eigenvalue weighted by Crippen LogP contribution is 2.52. The van der Waals surface area contributed by atoms with Crippen molar-refractivity contribution in [2.45, 2.75) is 70.1 Å². The van der Waals surface area contributed by atoms with E-state index in [9.17, 15) is 4.79 Å². The monoisotopic (exact) mass is 697 g/mol. The van der Waals surface area contributed by atoms with E-state index in [4.69, 9.17) is 19.9 Å². The fraction of sp³-hybridized carbons (Fsp3) is 0.395. The average molecular weight is 698 g/mol. The second kappa shape index (κ2) is 11.9. The zero-order valence-electron chi connectivity index (χ0n) is 29.0. The van der Waals surface area contributed by atoms with Crippen LogP contribution in [0.4, 0.5) is 13.6 Å². The number of alkyl halides is 2. The van der Waals surface area contributed by atoms with E-state index < -0.39 is 29.1 Å². The highest BCUT2D eigenvalue weighted by molar-refractivity contribution is 5.87. The number of nitrogens with two attached hydrogens (primary N) is 1. The van der Waals surface area contributed by atoms with Crippen LogP contribution < -0.4 is 11.1 Å². The second-order valence-electron chi connectivity index (χ2n) is 14.8. The van der Waals surface area contributed by atoms with Crippen molar-refractivity contribution < 1.29 is 27.8 Å². The number of nitrogens with zero attached hydrogens (tertiary/aromatic N) is 3. The molecule has 8 rings (SSSR count). The molecule has 266 valence electrons. The molecule has 3 aliphatic rings. The largest absolute Gasteiger partial charge is 0.444 e. The Morgan fingerprint density at radius 2 is 1.67 bits per heavy atom. The first-order chi connectivity index (χ1) is 24.2. The number of fused-ring (bicyclic) bond motifs is 4. The Morgan fingerprint density at radius 1 is 1.00 bits per heavy atom. The highest BCUT2D eigenvalue weighted by Gasteiger charge is 2.47. The number of carbonyl (C=O) groups excluding carboxylic acids is 1. The van der Waals surface area contributed by atoms with Crippen molar-refractivity contribution in [3.63, 3.8) is 0 Å². The van der Waals surface area contributed by atoms with Crippen LogP contribution in [-0.2, 0) is 32.3 Å². The van der Waals surface area contributed by atoms with Gasteiger partial charge in [-0.25, -0.2) is 14.8 Å². The number of aromatic amines is 2. The van der Waals surface area contributed by atoms with E-state index in [1.165, 1.54) is 11.0 Å². The number of aromatic nitrogens is 4. The van der Waals surface area contributed by atoms with Crippen LogP contribution in [0.5, 0.6) is 0 Å². The molecule has 2 aromatic heterocycles. The molecule has 0 saturated carbocycles. The molecule has 2 saturated heterocycles. The number of rotatable bonds is 7. The maximum Gasteiger partial charge on any atom is 0.412 e. The van der Waals surface area contributed by atoms with Crippen molar-refractivity contribution in [3.8, 4) is 33.5 Å². The predicted molar refractivity (Wildman–Crippen MR) is 188 cm³/mol. The van der Waals surface area contributed by atoms with Crippen LogP contribution in [0.25, 0.3) is 44.5 Å². The summed E-state index contributed by atoms with van der Waals surface area (Å²) < 4.78 is 49.4. The number of H-pyrrole nitrogens is 2. The number of ether oxygens (including phenoxy) is 3. The van der Waals surface area contributed by atoms with Gasteiger partial charge in [0.1, 0.15) is 17.2 Å².